The molecule has 1 aliphatic rings. The first kappa shape index (κ1) is 16.1. The number of anilines is 2. The van der Waals surface area contributed by atoms with Gasteiger partial charge in [-0.25, -0.2) is 15.8 Å². The third-order valence-electron chi connectivity index (χ3n) is 2.97. The Morgan fingerprint density at radius 2 is 1.90 bits per heavy atom. The largest absolute Gasteiger partial charge is 0.451 e. The van der Waals surface area contributed by atoms with E-state index in [-0.39, 0.29) is 11.6 Å². The first-order chi connectivity index (χ1) is 9.99. The van der Waals surface area contributed by atoms with Crippen LogP contribution >= 0.6 is 11.8 Å². The minimum Gasteiger partial charge on any atom is -0.369 e. The van der Waals surface area contributed by atoms with Crippen LogP contribution in [-0.2, 0) is 6.18 Å². The first-order valence-electron chi connectivity index (χ1n) is 6.46. The van der Waals surface area contributed by atoms with Crippen molar-refractivity contribution in [1.82, 2.24) is 14.9 Å². The Labute approximate surface area is 124 Å². The number of halogens is 3. The topological polar surface area (TPSA) is 79.1 Å². The summed E-state index contributed by atoms with van der Waals surface area (Å²) in [5.41, 5.74) is 2.12. The number of nitrogens with two attached hydrogens (primary N) is 1. The lowest BCUT2D eigenvalue weighted by atomic mass is 10.4. The summed E-state index contributed by atoms with van der Waals surface area (Å²) in [5.74, 6) is 6.13. The van der Waals surface area contributed by atoms with Crippen LogP contribution in [0.4, 0.5) is 24.8 Å². The van der Waals surface area contributed by atoms with Gasteiger partial charge in [0.1, 0.15) is 11.6 Å². The average molecular weight is 322 g/mol. The summed E-state index contributed by atoms with van der Waals surface area (Å²) in [6, 6.07) is 1.35. The van der Waals surface area contributed by atoms with Crippen molar-refractivity contribution in [3.8, 4) is 0 Å². The third kappa shape index (κ3) is 4.90. The summed E-state index contributed by atoms with van der Waals surface area (Å²) in [7, 11) is 0. The predicted molar refractivity (Wildman–Crippen MR) is 77.1 cm³/mol. The molecule has 0 atom stereocenters. The fraction of sp³-hybridized carbons (Fsp3) is 0.636. The summed E-state index contributed by atoms with van der Waals surface area (Å²) in [5, 5.41) is 2.88. The van der Waals surface area contributed by atoms with Crippen molar-refractivity contribution in [2.75, 3.05) is 48.4 Å². The van der Waals surface area contributed by atoms with E-state index in [2.05, 4.69) is 25.6 Å². The summed E-state index contributed by atoms with van der Waals surface area (Å²) in [6.45, 7) is 3.28. The number of nitrogens with zero attached hydrogens (tertiary/aromatic N) is 3. The van der Waals surface area contributed by atoms with Gasteiger partial charge in [-0.05, 0) is 0 Å². The summed E-state index contributed by atoms with van der Waals surface area (Å²) in [6.07, 6.45) is -4.60. The van der Waals surface area contributed by atoms with Crippen molar-refractivity contribution in [3.05, 3.63) is 11.9 Å². The van der Waals surface area contributed by atoms with Crippen molar-refractivity contribution in [2.45, 2.75) is 6.18 Å². The lowest BCUT2D eigenvalue weighted by Gasteiger charge is -2.26. The zero-order valence-corrected chi connectivity index (χ0v) is 12.1. The Balaban J connectivity index is 1.95. The zero-order chi connectivity index (χ0) is 15.3. The molecule has 0 spiro atoms. The van der Waals surface area contributed by atoms with Crippen LogP contribution in [0.25, 0.3) is 0 Å². The van der Waals surface area contributed by atoms with Crippen molar-refractivity contribution >= 4 is 23.4 Å². The standard InChI is InChI=1S/C11H17F3N6S/c12-11(13,14)10-17-8(7-9(18-10)19-15)16-1-2-20-3-5-21-6-4-20/h7H,1-6,15H2,(H2,16,17,18,19). The van der Waals surface area contributed by atoms with Gasteiger partial charge in [-0.2, -0.15) is 24.9 Å². The van der Waals surface area contributed by atoms with E-state index in [0.717, 1.165) is 31.1 Å². The zero-order valence-electron chi connectivity index (χ0n) is 11.3. The molecule has 0 unspecified atom stereocenters. The normalized spacial score (nSPS) is 16.8. The van der Waals surface area contributed by atoms with E-state index < -0.39 is 12.0 Å². The van der Waals surface area contributed by atoms with E-state index in [4.69, 9.17) is 5.84 Å². The van der Waals surface area contributed by atoms with Crippen molar-refractivity contribution in [3.63, 3.8) is 0 Å². The molecular weight excluding hydrogens is 305 g/mol. The number of nitrogen functional groups attached to an aromatic ring is 1. The Kier molecular flexibility index (Phi) is 5.48. The van der Waals surface area contributed by atoms with Gasteiger partial charge in [0.15, 0.2) is 0 Å². The number of aromatic nitrogens is 2. The number of hydrazine groups is 1. The summed E-state index contributed by atoms with van der Waals surface area (Å²) >= 11 is 1.91. The minimum atomic E-state index is -4.60. The number of hydrogen-bond donors (Lipinski definition) is 3. The van der Waals surface area contributed by atoms with E-state index in [9.17, 15) is 13.2 Å². The van der Waals surface area contributed by atoms with Gasteiger partial charge >= 0.3 is 6.18 Å². The second-order valence-electron chi connectivity index (χ2n) is 4.48. The number of thioether (sulfide) groups is 1. The van der Waals surface area contributed by atoms with Gasteiger partial charge in [0.25, 0.3) is 0 Å². The number of alkyl halides is 3. The minimum absolute atomic E-state index is 0.0748. The monoisotopic (exact) mass is 322 g/mol. The highest BCUT2D eigenvalue weighted by Gasteiger charge is 2.35. The lowest BCUT2D eigenvalue weighted by Crippen LogP contribution is -2.36. The van der Waals surface area contributed by atoms with Gasteiger partial charge in [-0.1, -0.05) is 0 Å². The predicted octanol–water partition coefficient (Wildman–Crippen LogP) is 1.24. The molecule has 2 heterocycles. The van der Waals surface area contributed by atoms with E-state index in [0.29, 0.717) is 6.54 Å². The Hall–Kier alpha value is -1.26. The van der Waals surface area contributed by atoms with Crippen LogP contribution in [-0.4, -0.2) is 52.6 Å². The Morgan fingerprint density at radius 1 is 1.24 bits per heavy atom. The molecule has 21 heavy (non-hydrogen) atoms. The van der Waals surface area contributed by atoms with E-state index in [1.807, 2.05) is 11.8 Å². The van der Waals surface area contributed by atoms with Crippen LogP contribution < -0.4 is 16.6 Å². The van der Waals surface area contributed by atoms with Crippen molar-refractivity contribution < 1.29 is 13.2 Å². The molecule has 118 valence electrons. The molecule has 1 aromatic heterocycles. The third-order valence-corrected chi connectivity index (χ3v) is 3.91. The Morgan fingerprint density at radius 3 is 2.52 bits per heavy atom. The molecule has 0 saturated carbocycles. The fourth-order valence-corrected chi connectivity index (χ4v) is 2.88. The highest BCUT2D eigenvalue weighted by Crippen LogP contribution is 2.28. The Bertz CT molecular complexity index is 464. The van der Waals surface area contributed by atoms with Crippen LogP contribution in [0.1, 0.15) is 5.82 Å². The maximum absolute atomic E-state index is 12.7. The highest BCUT2D eigenvalue weighted by molar-refractivity contribution is 7.99. The molecule has 1 saturated heterocycles. The molecule has 4 N–H and O–H groups in total. The molecule has 1 fully saturated rings. The second-order valence-corrected chi connectivity index (χ2v) is 5.71. The van der Waals surface area contributed by atoms with Crippen molar-refractivity contribution in [1.29, 1.82) is 0 Å². The van der Waals surface area contributed by atoms with Crippen LogP contribution in [0.3, 0.4) is 0 Å². The molecule has 2 rings (SSSR count). The number of rotatable bonds is 5. The SMILES string of the molecule is NNc1cc(NCCN2CCSCC2)nc(C(F)(F)F)n1. The van der Waals surface area contributed by atoms with Gasteiger partial charge in [-0.3, -0.25) is 4.90 Å². The highest BCUT2D eigenvalue weighted by atomic mass is 32.2. The molecule has 6 nitrogen and oxygen atoms in total. The van der Waals surface area contributed by atoms with Crippen molar-refractivity contribution in [2.24, 2.45) is 5.84 Å². The number of nitrogens with one attached hydrogen (secondary N) is 2. The van der Waals surface area contributed by atoms with Gasteiger partial charge in [-0.15, -0.1) is 0 Å². The van der Waals surface area contributed by atoms with E-state index >= 15 is 0 Å². The molecule has 0 aromatic carbocycles. The summed E-state index contributed by atoms with van der Waals surface area (Å²) in [4.78, 5) is 9.03. The van der Waals surface area contributed by atoms with E-state index in [1.165, 1.54) is 6.07 Å². The molecule has 0 amide bonds. The maximum Gasteiger partial charge on any atom is 0.451 e. The molecule has 0 bridgehead atoms. The molecule has 10 heteroatoms. The quantitative estimate of drug-likeness (QED) is 0.556. The van der Waals surface area contributed by atoms with E-state index in [1.54, 1.807) is 0 Å². The van der Waals surface area contributed by atoms with Gasteiger partial charge in [0.2, 0.25) is 5.82 Å². The van der Waals surface area contributed by atoms with Crippen LogP contribution in [0.2, 0.25) is 0 Å². The summed E-state index contributed by atoms with van der Waals surface area (Å²) < 4.78 is 38.0. The van der Waals surface area contributed by atoms with Crippen LogP contribution in [0, 0.1) is 0 Å². The molecule has 0 aliphatic carbocycles. The van der Waals surface area contributed by atoms with Gasteiger partial charge in [0, 0.05) is 43.8 Å². The van der Waals surface area contributed by atoms with Crippen LogP contribution in [0.5, 0.6) is 0 Å². The molecule has 1 aliphatic heterocycles. The second kappa shape index (κ2) is 7.14. The maximum atomic E-state index is 12.7. The number of hydrogen-bond acceptors (Lipinski definition) is 7. The fourth-order valence-electron chi connectivity index (χ4n) is 1.91. The molecular formula is C11H17F3N6S. The smallest absolute Gasteiger partial charge is 0.369 e. The van der Waals surface area contributed by atoms with Gasteiger partial charge < -0.3 is 10.7 Å². The average Bonchev–Trinajstić information content (AvgIpc) is 2.47. The first-order valence-corrected chi connectivity index (χ1v) is 7.61. The lowest BCUT2D eigenvalue weighted by molar-refractivity contribution is -0.144. The molecule has 0 radical (unpaired) electrons. The molecule has 1 aromatic rings. The van der Waals surface area contributed by atoms with Crippen LogP contribution in [0.15, 0.2) is 6.07 Å². The van der Waals surface area contributed by atoms with Gasteiger partial charge in [0.05, 0.1) is 0 Å².